The second-order valence-electron chi connectivity index (χ2n) is 6.04. The molecule has 0 spiro atoms. The molecule has 0 bridgehead atoms. The van der Waals surface area contributed by atoms with Gasteiger partial charge in [0.1, 0.15) is 5.56 Å². The Morgan fingerprint density at radius 1 is 1.24 bits per heavy atom. The van der Waals surface area contributed by atoms with E-state index in [-0.39, 0.29) is 18.0 Å². The fourth-order valence-electron chi connectivity index (χ4n) is 2.65. The Hall–Kier alpha value is -3.45. The number of halogens is 2. The first-order chi connectivity index (χ1) is 13.9. The summed E-state index contributed by atoms with van der Waals surface area (Å²) in [5, 5.41) is 14.2. The van der Waals surface area contributed by atoms with E-state index >= 15 is 0 Å². The van der Waals surface area contributed by atoms with Crippen LogP contribution in [0.4, 0.5) is 4.39 Å². The molecule has 148 valence electrons. The average molecular weight is 415 g/mol. The van der Waals surface area contributed by atoms with Crippen LogP contribution in [0.25, 0.3) is 17.3 Å². The number of carboxylic acid groups (broad SMARTS) is 1. The van der Waals surface area contributed by atoms with Gasteiger partial charge in [0.25, 0.3) is 5.56 Å². The van der Waals surface area contributed by atoms with E-state index in [0.717, 1.165) is 16.3 Å². The second-order valence-corrected chi connectivity index (χ2v) is 6.48. The molecular formula is C21H16ClFN2O4. The quantitative estimate of drug-likeness (QED) is 0.656. The highest BCUT2D eigenvalue weighted by Gasteiger charge is 2.16. The first-order valence-corrected chi connectivity index (χ1v) is 8.88. The number of benzene rings is 2. The third-order valence-electron chi connectivity index (χ3n) is 4.11. The lowest BCUT2D eigenvalue weighted by Crippen LogP contribution is -2.28. The van der Waals surface area contributed by atoms with Crippen molar-refractivity contribution in [2.45, 2.75) is 6.54 Å². The number of allylic oxidation sites excluding steroid dienone is 1. The second kappa shape index (κ2) is 8.70. The minimum atomic E-state index is -1.39. The van der Waals surface area contributed by atoms with Gasteiger partial charge < -0.3 is 9.84 Å². The standard InChI is InChI=1S/C21H16ClFN2O4/c1-29-19-9-6-14(11-17(19)23)18-12-16(21(27)28)20(26)25(24-18)10-2-3-13-4-7-15(22)8-5-13/h2-9,11-12H,10H2,1H3,(H,27,28). The van der Waals surface area contributed by atoms with Crippen molar-refractivity contribution in [1.29, 1.82) is 0 Å². The van der Waals surface area contributed by atoms with E-state index in [4.69, 9.17) is 16.3 Å². The molecule has 1 aromatic heterocycles. The van der Waals surface area contributed by atoms with Gasteiger partial charge in [-0.15, -0.1) is 0 Å². The van der Waals surface area contributed by atoms with Crippen molar-refractivity contribution in [2.75, 3.05) is 7.11 Å². The summed E-state index contributed by atoms with van der Waals surface area (Å²) in [5.74, 6) is -1.96. The van der Waals surface area contributed by atoms with Gasteiger partial charge >= 0.3 is 5.97 Å². The number of nitrogens with zero attached hydrogens (tertiary/aromatic N) is 2. The number of hydrogen-bond donors (Lipinski definition) is 1. The molecule has 29 heavy (non-hydrogen) atoms. The molecule has 1 heterocycles. The van der Waals surface area contributed by atoms with E-state index < -0.39 is 22.9 Å². The Balaban J connectivity index is 1.98. The predicted molar refractivity (Wildman–Crippen MR) is 108 cm³/mol. The molecular weight excluding hydrogens is 399 g/mol. The molecule has 0 amide bonds. The summed E-state index contributed by atoms with van der Waals surface area (Å²) in [4.78, 5) is 23.9. The zero-order chi connectivity index (χ0) is 21.0. The number of methoxy groups -OCH3 is 1. The van der Waals surface area contributed by atoms with Gasteiger partial charge in [0.2, 0.25) is 0 Å². The van der Waals surface area contributed by atoms with Crippen molar-refractivity contribution in [3.05, 3.63) is 86.9 Å². The Bertz CT molecular complexity index is 1140. The molecule has 0 atom stereocenters. The summed E-state index contributed by atoms with van der Waals surface area (Å²) < 4.78 is 19.9. The summed E-state index contributed by atoms with van der Waals surface area (Å²) in [6, 6.07) is 12.3. The van der Waals surface area contributed by atoms with Crippen LogP contribution in [0.15, 0.2) is 59.4 Å². The average Bonchev–Trinajstić information content (AvgIpc) is 2.70. The largest absolute Gasteiger partial charge is 0.494 e. The number of ether oxygens (including phenoxy) is 1. The van der Waals surface area contributed by atoms with Crippen LogP contribution in [0.3, 0.4) is 0 Å². The third-order valence-corrected chi connectivity index (χ3v) is 4.36. The van der Waals surface area contributed by atoms with Crippen molar-refractivity contribution in [1.82, 2.24) is 9.78 Å². The summed E-state index contributed by atoms with van der Waals surface area (Å²) in [7, 11) is 1.34. The van der Waals surface area contributed by atoms with E-state index in [1.54, 1.807) is 36.4 Å². The number of aromatic nitrogens is 2. The molecule has 0 unspecified atom stereocenters. The van der Waals surface area contributed by atoms with Crippen molar-refractivity contribution < 1.29 is 19.0 Å². The van der Waals surface area contributed by atoms with Crippen LogP contribution in [0.2, 0.25) is 5.02 Å². The number of aromatic carboxylic acids is 1. The first-order valence-electron chi connectivity index (χ1n) is 8.50. The van der Waals surface area contributed by atoms with Gasteiger partial charge in [0.15, 0.2) is 11.6 Å². The molecule has 0 aliphatic rings. The minimum absolute atomic E-state index is 0.0359. The number of rotatable bonds is 6. The highest BCUT2D eigenvalue weighted by Crippen LogP contribution is 2.24. The van der Waals surface area contributed by atoms with Crippen LogP contribution in [0, 0.1) is 5.82 Å². The monoisotopic (exact) mass is 414 g/mol. The molecule has 6 nitrogen and oxygen atoms in total. The Kier molecular flexibility index (Phi) is 6.09. The van der Waals surface area contributed by atoms with Gasteiger partial charge in [-0.1, -0.05) is 35.9 Å². The van der Waals surface area contributed by atoms with Crippen LogP contribution in [-0.4, -0.2) is 28.0 Å². The summed E-state index contributed by atoms with van der Waals surface area (Å²) in [6.07, 6.45) is 3.42. The molecule has 2 aromatic carbocycles. The highest BCUT2D eigenvalue weighted by atomic mass is 35.5. The molecule has 0 saturated heterocycles. The van der Waals surface area contributed by atoms with Gasteiger partial charge in [-0.3, -0.25) is 4.79 Å². The maximum atomic E-state index is 14.0. The van der Waals surface area contributed by atoms with E-state index in [1.807, 2.05) is 0 Å². The molecule has 8 heteroatoms. The summed E-state index contributed by atoms with van der Waals surface area (Å²) in [6.45, 7) is 0.0359. The lowest BCUT2D eigenvalue weighted by Gasteiger charge is -2.09. The molecule has 3 rings (SSSR count). The van der Waals surface area contributed by atoms with Crippen molar-refractivity contribution in [2.24, 2.45) is 0 Å². The van der Waals surface area contributed by atoms with Gasteiger partial charge in [0.05, 0.1) is 19.3 Å². The maximum Gasteiger partial charge on any atom is 0.341 e. The van der Waals surface area contributed by atoms with Crippen LogP contribution >= 0.6 is 11.6 Å². The fourth-order valence-corrected chi connectivity index (χ4v) is 2.77. The van der Waals surface area contributed by atoms with Crippen molar-refractivity contribution in [3.63, 3.8) is 0 Å². The Labute approximate surface area is 170 Å². The van der Waals surface area contributed by atoms with E-state index in [0.29, 0.717) is 10.6 Å². The van der Waals surface area contributed by atoms with E-state index in [9.17, 15) is 19.1 Å². The third kappa shape index (κ3) is 4.70. The van der Waals surface area contributed by atoms with E-state index in [2.05, 4.69) is 5.10 Å². The summed E-state index contributed by atoms with van der Waals surface area (Å²) in [5.41, 5.74) is 0.126. The smallest absolute Gasteiger partial charge is 0.341 e. The molecule has 0 saturated carbocycles. The molecule has 0 aliphatic heterocycles. The number of carboxylic acids is 1. The zero-order valence-electron chi connectivity index (χ0n) is 15.3. The number of hydrogen-bond acceptors (Lipinski definition) is 4. The fraction of sp³-hybridized carbons (Fsp3) is 0.0952. The van der Waals surface area contributed by atoms with Gasteiger partial charge in [-0.25, -0.2) is 13.9 Å². The molecule has 0 fully saturated rings. The Morgan fingerprint density at radius 2 is 1.97 bits per heavy atom. The lowest BCUT2D eigenvalue weighted by molar-refractivity contribution is 0.0694. The molecule has 1 N–H and O–H groups in total. The lowest BCUT2D eigenvalue weighted by atomic mass is 10.1. The van der Waals surface area contributed by atoms with Crippen LogP contribution in [0.5, 0.6) is 5.75 Å². The van der Waals surface area contributed by atoms with Crippen LogP contribution < -0.4 is 10.3 Å². The Morgan fingerprint density at radius 3 is 2.59 bits per heavy atom. The predicted octanol–water partition coefficient (Wildman–Crippen LogP) is 4.12. The first kappa shape index (κ1) is 20.3. The highest BCUT2D eigenvalue weighted by molar-refractivity contribution is 6.30. The number of carbonyl (C=O) groups is 1. The maximum absolute atomic E-state index is 14.0. The SMILES string of the molecule is COc1ccc(-c2cc(C(=O)O)c(=O)n(CC=Cc3ccc(Cl)cc3)n2)cc1F. The molecule has 0 radical (unpaired) electrons. The molecule has 0 aliphatic carbocycles. The van der Waals surface area contributed by atoms with Gasteiger partial charge in [-0.2, -0.15) is 5.10 Å². The van der Waals surface area contributed by atoms with Crippen molar-refractivity contribution in [3.8, 4) is 17.0 Å². The zero-order valence-corrected chi connectivity index (χ0v) is 16.1. The van der Waals surface area contributed by atoms with E-state index in [1.165, 1.54) is 25.3 Å². The topological polar surface area (TPSA) is 81.4 Å². The molecule has 3 aromatic rings. The summed E-state index contributed by atoms with van der Waals surface area (Å²) >= 11 is 5.85. The normalized spacial score (nSPS) is 11.0. The minimum Gasteiger partial charge on any atom is -0.494 e. The van der Waals surface area contributed by atoms with Gasteiger partial charge in [-0.05, 0) is 42.0 Å². The van der Waals surface area contributed by atoms with Crippen LogP contribution in [-0.2, 0) is 6.54 Å². The van der Waals surface area contributed by atoms with Gasteiger partial charge in [0, 0.05) is 10.6 Å². The van der Waals surface area contributed by atoms with Crippen LogP contribution in [0.1, 0.15) is 15.9 Å². The van der Waals surface area contributed by atoms with Crippen molar-refractivity contribution >= 4 is 23.6 Å².